The lowest BCUT2D eigenvalue weighted by atomic mass is 10.2. The molecule has 0 aromatic heterocycles. The van der Waals surface area contributed by atoms with Gasteiger partial charge in [-0.05, 0) is 27.7 Å². The highest BCUT2D eigenvalue weighted by Gasteiger charge is 2.52. The Balaban J connectivity index is 5.34. The van der Waals surface area contributed by atoms with Gasteiger partial charge in [-0.25, -0.2) is 9.59 Å². The van der Waals surface area contributed by atoms with Crippen LogP contribution in [0.25, 0.3) is 0 Å². The Labute approximate surface area is 128 Å². The Morgan fingerprint density at radius 2 is 1.70 bits per heavy atom. The molecule has 0 aliphatic carbocycles. The summed E-state index contributed by atoms with van der Waals surface area (Å²) in [6.45, 7) is 13.3. The van der Waals surface area contributed by atoms with Gasteiger partial charge in [0.1, 0.15) is 10.8 Å². The van der Waals surface area contributed by atoms with Gasteiger partial charge >= 0.3 is 12.1 Å². The Kier molecular flexibility index (Phi) is 6.61. The molecule has 20 heavy (non-hydrogen) atoms. The molecule has 5 nitrogen and oxygen atoms in total. The fourth-order valence-corrected chi connectivity index (χ4v) is 4.89. The third-order valence-corrected chi connectivity index (χ3v) is 6.69. The van der Waals surface area contributed by atoms with E-state index in [2.05, 4.69) is 17.9 Å². The van der Waals surface area contributed by atoms with E-state index in [0.29, 0.717) is 0 Å². The van der Waals surface area contributed by atoms with Crippen LogP contribution in [0, 0.1) is 0 Å². The molecule has 0 aromatic rings. The van der Waals surface area contributed by atoms with Crippen LogP contribution in [0.15, 0.2) is 0 Å². The number of nitrogens with one attached hydrogen (secondary N) is 1. The zero-order valence-corrected chi connectivity index (χ0v) is 15.4. The van der Waals surface area contributed by atoms with E-state index in [4.69, 9.17) is 9.47 Å². The van der Waals surface area contributed by atoms with Crippen LogP contribution in [0.2, 0.25) is 19.6 Å². The summed E-state index contributed by atoms with van der Waals surface area (Å²) in [5.74, 6) is -0.263. The van der Waals surface area contributed by atoms with Gasteiger partial charge in [0.05, 0.1) is 14.7 Å². The van der Waals surface area contributed by atoms with Gasteiger partial charge in [-0.3, -0.25) is 0 Å². The smallest absolute Gasteiger partial charge is 0.408 e. The minimum Gasteiger partial charge on any atom is -0.464 e. The predicted octanol–water partition coefficient (Wildman–Crippen LogP) is 2.62. The van der Waals surface area contributed by atoms with Crippen molar-refractivity contribution in [1.82, 2.24) is 5.32 Å². The number of alkyl carbamates (subject to hydrolysis) is 1. The number of carbonyl (C=O) groups excluding carboxylic acids is 2. The minimum atomic E-state index is -2.14. The molecule has 0 bridgehead atoms. The second kappa shape index (κ2) is 6.84. The van der Waals surface area contributed by atoms with Gasteiger partial charge in [0, 0.05) is 5.75 Å². The van der Waals surface area contributed by atoms with Crippen molar-refractivity contribution in [3.8, 4) is 0 Å². The van der Waals surface area contributed by atoms with Crippen molar-refractivity contribution < 1.29 is 19.1 Å². The summed E-state index contributed by atoms with van der Waals surface area (Å²) in [5.41, 5.74) is -0.624. The summed E-state index contributed by atoms with van der Waals surface area (Å²) in [4.78, 5) is 24.4. The zero-order valence-electron chi connectivity index (χ0n) is 13.5. The fraction of sp³-hybridized carbons (Fsp3) is 0.846. The molecule has 1 atom stereocenters. The van der Waals surface area contributed by atoms with Crippen molar-refractivity contribution >= 4 is 32.8 Å². The van der Waals surface area contributed by atoms with Gasteiger partial charge in [-0.1, -0.05) is 19.6 Å². The SMILES string of the molecule is CCOC(=O)[C@](CS)(NC(=O)OC(C)(C)C)[Si](C)(C)C. The van der Waals surface area contributed by atoms with Crippen molar-refractivity contribution in [1.29, 1.82) is 0 Å². The van der Waals surface area contributed by atoms with Gasteiger partial charge < -0.3 is 14.8 Å². The second-order valence-corrected chi connectivity index (χ2v) is 12.3. The molecule has 0 unspecified atom stereocenters. The van der Waals surface area contributed by atoms with Gasteiger partial charge in [-0.2, -0.15) is 12.6 Å². The third-order valence-electron chi connectivity index (χ3n) is 2.86. The predicted molar refractivity (Wildman–Crippen MR) is 85.9 cm³/mol. The molecule has 0 saturated carbocycles. The molecule has 1 amide bonds. The molecule has 0 aromatic carbocycles. The maximum absolute atomic E-state index is 12.3. The van der Waals surface area contributed by atoms with Crippen LogP contribution in [-0.4, -0.2) is 43.3 Å². The van der Waals surface area contributed by atoms with Crippen LogP contribution in [0.4, 0.5) is 4.79 Å². The van der Waals surface area contributed by atoms with Crippen LogP contribution < -0.4 is 5.32 Å². The Bertz CT molecular complexity index is 362. The lowest BCUT2D eigenvalue weighted by Crippen LogP contribution is -2.70. The molecule has 0 fully saturated rings. The van der Waals surface area contributed by atoms with Crippen LogP contribution >= 0.6 is 12.6 Å². The van der Waals surface area contributed by atoms with Gasteiger partial charge in [-0.15, -0.1) is 0 Å². The largest absolute Gasteiger partial charge is 0.464 e. The number of rotatable bonds is 5. The molecule has 0 aliphatic heterocycles. The summed E-state index contributed by atoms with van der Waals surface area (Å²) in [6, 6.07) is 0. The summed E-state index contributed by atoms with van der Waals surface area (Å²) < 4.78 is 10.4. The molecule has 1 N–H and O–H groups in total. The summed E-state index contributed by atoms with van der Waals surface area (Å²) in [7, 11) is -2.14. The summed E-state index contributed by atoms with van der Waals surface area (Å²) >= 11 is 4.28. The van der Waals surface area contributed by atoms with Crippen LogP contribution in [0.3, 0.4) is 0 Å². The van der Waals surface area contributed by atoms with Crippen molar-refractivity contribution in [2.45, 2.75) is 58.1 Å². The summed E-state index contributed by atoms with van der Waals surface area (Å²) in [6.07, 6.45) is -0.623. The third kappa shape index (κ3) is 5.01. The van der Waals surface area contributed by atoms with Crippen LogP contribution in [-0.2, 0) is 14.3 Å². The van der Waals surface area contributed by atoms with E-state index in [-0.39, 0.29) is 12.4 Å². The quantitative estimate of drug-likeness (QED) is 0.464. The molecule has 0 heterocycles. The van der Waals surface area contributed by atoms with E-state index >= 15 is 0 Å². The molecule has 118 valence electrons. The van der Waals surface area contributed by atoms with Crippen molar-refractivity contribution in [2.24, 2.45) is 0 Å². The zero-order chi connectivity index (χ0) is 16.2. The molecule has 7 heteroatoms. The molecular weight excluding hydrogens is 294 g/mol. The van der Waals surface area contributed by atoms with E-state index in [1.165, 1.54) is 0 Å². The van der Waals surface area contributed by atoms with E-state index in [0.717, 1.165) is 0 Å². The lowest BCUT2D eigenvalue weighted by Gasteiger charge is -2.40. The number of ether oxygens (including phenoxy) is 2. The topological polar surface area (TPSA) is 64.6 Å². The molecule has 0 radical (unpaired) electrons. The van der Waals surface area contributed by atoms with Crippen molar-refractivity contribution in [3.63, 3.8) is 0 Å². The summed E-state index contributed by atoms with van der Waals surface area (Å²) in [5, 5.41) is 1.61. The van der Waals surface area contributed by atoms with Gasteiger partial charge in [0.15, 0.2) is 0 Å². The monoisotopic (exact) mass is 321 g/mol. The molecule has 0 spiro atoms. The van der Waals surface area contributed by atoms with Gasteiger partial charge in [0.25, 0.3) is 0 Å². The molecule has 0 saturated heterocycles. The molecular formula is C13H27NO4SSi. The average Bonchev–Trinajstić information content (AvgIpc) is 2.21. The van der Waals surface area contributed by atoms with Crippen LogP contribution in [0.1, 0.15) is 27.7 Å². The first-order valence-corrected chi connectivity index (χ1v) is 10.8. The molecule has 0 aliphatic rings. The Morgan fingerprint density at radius 3 is 2.00 bits per heavy atom. The Morgan fingerprint density at radius 1 is 1.20 bits per heavy atom. The van der Waals surface area contributed by atoms with Crippen molar-refractivity contribution in [3.05, 3.63) is 0 Å². The molecule has 0 rings (SSSR count). The number of carbonyl (C=O) groups is 2. The normalized spacial score (nSPS) is 15.2. The maximum Gasteiger partial charge on any atom is 0.408 e. The van der Waals surface area contributed by atoms with E-state index in [9.17, 15) is 9.59 Å². The standard InChI is InChI=1S/C13H27NO4SSi/c1-8-17-10(15)13(9-19,20(5,6)7)14-11(16)18-12(2,3)4/h19H,8-9H2,1-7H3,(H,14,16)/t13-/m1/s1. The lowest BCUT2D eigenvalue weighted by molar-refractivity contribution is -0.147. The highest BCUT2D eigenvalue weighted by atomic mass is 32.1. The first-order chi connectivity index (χ1) is 8.89. The first-order valence-electron chi connectivity index (χ1n) is 6.69. The Hall–Kier alpha value is -0.693. The maximum atomic E-state index is 12.3. The number of hydrogen-bond acceptors (Lipinski definition) is 5. The van der Waals surface area contributed by atoms with E-state index in [1.807, 2.05) is 19.6 Å². The fourth-order valence-electron chi connectivity index (χ4n) is 1.62. The van der Waals surface area contributed by atoms with E-state index in [1.54, 1.807) is 27.7 Å². The minimum absolute atomic E-state index is 0.181. The average molecular weight is 322 g/mol. The second-order valence-electron chi connectivity index (χ2n) is 6.66. The number of esters is 1. The van der Waals surface area contributed by atoms with Gasteiger partial charge in [0.2, 0.25) is 0 Å². The van der Waals surface area contributed by atoms with Crippen LogP contribution in [0.5, 0.6) is 0 Å². The number of hydrogen-bond donors (Lipinski definition) is 2. The highest BCUT2D eigenvalue weighted by molar-refractivity contribution is 7.80. The van der Waals surface area contributed by atoms with E-state index < -0.39 is 30.9 Å². The highest BCUT2D eigenvalue weighted by Crippen LogP contribution is 2.25. The van der Waals surface area contributed by atoms with Crippen molar-refractivity contribution in [2.75, 3.05) is 12.4 Å². The number of amides is 1. The number of thiol groups is 1. The first kappa shape index (κ1) is 19.3.